The van der Waals surface area contributed by atoms with Gasteiger partial charge in [0.2, 0.25) is 6.29 Å². The number of epoxide rings is 1. The summed E-state index contributed by atoms with van der Waals surface area (Å²) in [7, 11) is 0. The lowest BCUT2D eigenvalue weighted by Gasteiger charge is -1.94. The van der Waals surface area contributed by atoms with Crippen LogP contribution in [0.25, 0.3) is 0 Å². The third-order valence-corrected chi connectivity index (χ3v) is 1.25. The van der Waals surface area contributed by atoms with Crippen molar-refractivity contribution in [1.29, 1.82) is 0 Å². The van der Waals surface area contributed by atoms with Crippen LogP contribution in [0.3, 0.4) is 0 Å². The largest absolute Gasteiger partial charge is 0.467 e. The van der Waals surface area contributed by atoms with Crippen LogP contribution in [-0.4, -0.2) is 12.4 Å². The molecule has 0 aromatic heterocycles. The molecule has 2 heteroatoms. The van der Waals surface area contributed by atoms with Crippen LogP contribution in [0.15, 0.2) is 12.3 Å². The first-order valence-electron chi connectivity index (χ1n) is 2.36. The van der Waals surface area contributed by atoms with E-state index in [9.17, 15) is 0 Å². The van der Waals surface area contributed by atoms with Crippen molar-refractivity contribution in [2.24, 2.45) is 0 Å². The van der Waals surface area contributed by atoms with Gasteiger partial charge in [-0.05, 0) is 0 Å². The van der Waals surface area contributed by atoms with E-state index in [2.05, 4.69) is 6.58 Å². The molecule has 0 aromatic carbocycles. The van der Waals surface area contributed by atoms with Crippen molar-refractivity contribution in [1.82, 2.24) is 0 Å². The monoisotopic (exact) mass is 98.0 g/mol. The summed E-state index contributed by atoms with van der Waals surface area (Å²) in [5, 5.41) is 0. The Morgan fingerprint density at radius 2 is 2.57 bits per heavy atom. The SMILES string of the molecule is C=C1CC2OC2O1. The zero-order valence-corrected chi connectivity index (χ0v) is 3.89. The molecule has 2 fully saturated rings. The molecule has 2 aliphatic rings. The lowest BCUT2D eigenvalue weighted by molar-refractivity contribution is 0.0981. The fourth-order valence-electron chi connectivity index (χ4n) is 0.812. The van der Waals surface area contributed by atoms with Crippen molar-refractivity contribution in [3.8, 4) is 0 Å². The molecule has 2 heterocycles. The van der Waals surface area contributed by atoms with Gasteiger partial charge in [-0.2, -0.15) is 0 Å². The zero-order chi connectivity index (χ0) is 4.85. The maximum Gasteiger partial charge on any atom is 0.226 e. The van der Waals surface area contributed by atoms with Crippen LogP contribution in [0.5, 0.6) is 0 Å². The normalized spacial score (nSPS) is 45.4. The maximum atomic E-state index is 5.02. The third-order valence-electron chi connectivity index (χ3n) is 1.25. The molecule has 0 N–H and O–H groups in total. The minimum atomic E-state index is 0.0903. The van der Waals surface area contributed by atoms with Crippen LogP contribution in [-0.2, 0) is 9.47 Å². The second kappa shape index (κ2) is 0.842. The van der Waals surface area contributed by atoms with E-state index in [1.807, 2.05) is 0 Å². The first-order chi connectivity index (χ1) is 3.36. The molecule has 2 saturated heterocycles. The topological polar surface area (TPSA) is 21.8 Å². The predicted molar refractivity (Wildman–Crippen MR) is 23.5 cm³/mol. The number of fused-ring (bicyclic) bond motifs is 1. The molecular weight excluding hydrogens is 92.1 g/mol. The van der Waals surface area contributed by atoms with Gasteiger partial charge in [0.25, 0.3) is 0 Å². The summed E-state index contributed by atoms with van der Waals surface area (Å²) in [6.45, 7) is 3.63. The van der Waals surface area contributed by atoms with Crippen LogP contribution < -0.4 is 0 Å². The van der Waals surface area contributed by atoms with Crippen LogP contribution >= 0.6 is 0 Å². The van der Waals surface area contributed by atoms with Gasteiger partial charge in [-0.1, -0.05) is 6.58 Å². The summed E-state index contributed by atoms with van der Waals surface area (Å²) in [5.41, 5.74) is 0. The van der Waals surface area contributed by atoms with E-state index in [1.165, 1.54) is 0 Å². The van der Waals surface area contributed by atoms with Gasteiger partial charge < -0.3 is 9.47 Å². The van der Waals surface area contributed by atoms with Crippen molar-refractivity contribution in [3.05, 3.63) is 12.3 Å². The van der Waals surface area contributed by atoms with Gasteiger partial charge in [0, 0.05) is 6.42 Å². The molecule has 0 aromatic rings. The highest BCUT2D eigenvalue weighted by Crippen LogP contribution is 2.37. The smallest absolute Gasteiger partial charge is 0.226 e. The second-order valence-electron chi connectivity index (χ2n) is 1.90. The quantitative estimate of drug-likeness (QED) is 0.415. The summed E-state index contributed by atoms with van der Waals surface area (Å²) in [6, 6.07) is 0. The minimum absolute atomic E-state index is 0.0903. The zero-order valence-electron chi connectivity index (χ0n) is 3.89. The van der Waals surface area contributed by atoms with Crippen molar-refractivity contribution in [3.63, 3.8) is 0 Å². The maximum absolute atomic E-state index is 5.02. The highest BCUT2D eigenvalue weighted by molar-refractivity contribution is 5.01. The number of rotatable bonds is 0. The number of hydrogen-bond acceptors (Lipinski definition) is 2. The van der Waals surface area contributed by atoms with Crippen molar-refractivity contribution < 1.29 is 9.47 Å². The molecule has 2 atom stereocenters. The number of hydrogen-bond donors (Lipinski definition) is 0. The van der Waals surface area contributed by atoms with Gasteiger partial charge in [0.15, 0.2) is 0 Å². The van der Waals surface area contributed by atoms with Crippen LogP contribution in [0.4, 0.5) is 0 Å². The van der Waals surface area contributed by atoms with Crippen molar-refractivity contribution in [2.75, 3.05) is 0 Å². The fourth-order valence-corrected chi connectivity index (χ4v) is 0.812. The molecular formula is C5H6O2. The summed E-state index contributed by atoms with van der Waals surface area (Å²) in [6.07, 6.45) is 1.37. The lowest BCUT2D eigenvalue weighted by atomic mass is 10.3. The van der Waals surface area contributed by atoms with E-state index in [1.54, 1.807) is 0 Å². The third kappa shape index (κ3) is 0.370. The highest BCUT2D eigenvalue weighted by atomic mass is 16.8. The molecule has 2 nitrogen and oxygen atoms in total. The van der Waals surface area contributed by atoms with Crippen LogP contribution in [0.1, 0.15) is 6.42 Å². The molecule has 2 rings (SSSR count). The first kappa shape index (κ1) is 3.50. The molecule has 2 unspecified atom stereocenters. The first-order valence-corrected chi connectivity index (χ1v) is 2.36. The van der Waals surface area contributed by atoms with E-state index in [-0.39, 0.29) is 6.29 Å². The average molecular weight is 98.1 g/mol. The summed E-state index contributed by atoms with van der Waals surface area (Å²) in [4.78, 5) is 0. The summed E-state index contributed by atoms with van der Waals surface area (Å²) in [5.74, 6) is 0.876. The fraction of sp³-hybridized carbons (Fsp3) is 0.600. The van der Waals surface area contributed by atoms with Gasteiger partial charge in [-0.15, -0.1) is 0 Å². The number of ether oxygens (including phenoxy) is 2. The Morgan fingerprint density at radius 1 is 1.71 bits per heavy atom. The van der Waals surface area contributed by atoms with Crippen LogP contribution in [0.2, 0.25) is 0 Å². The van der Waals surface area contributed by atoms with Gasteiger partial charge >= 0.3 is 0 Å². The molecule has 7 heavy (non-hydrogen) atoms. The molecule has 38 valence electrons. The molecule has 0 radical (unpaired) electrons. The van der Waals surface area contributed by atoms with Crippen molar-refractivity contribution >= 4 is 0 Å². The second-order valence-corrected chi connectivity index (χ2v) is 1.90. The standard InChI is InChI=1S/C5H6O2/c1-3-2-4-5(6-3)7-4/h4-5H,1-2H2. The Morgan fingerprint density at radius 3 is 2.86 bits per heavy atom. The van der Waals surface area contributed by atoms with Gasteiger partial charge in [-0.3, -0.25) is 0 Å². The van der Waals surface area contributed by atoms with Gasteiger partial charge in [-0.25, -0.2) is 0 Å². The van der Waals surface area contributed by atoms with Crippen LogP contribution in [0, 0.1) is 0 Å². The molecule has 0 aliphatic carbocycles. The molecule has 0 saturated carbocycles. The lowest BCUT2D eigenvalue weighted by Crippen LogP contribution is -1.83. The predicted octanol–water partition coefficient (Wildman–Crippen LogP) is 0.645. The van der Waals surface area contributed by atoms with Gasteiger partial charge in [0.1, 0.15) is 6.10 Å². The Labute approximate surface area is 41.7 Å². The summed E-state index contributed by atoms with van der Waals surface area (Å²) < 4.78 is 9.96. The minimum Gasteiger partial charge on any atom is -0.467 e. The average Bonchev–Trinajstić information content (AvgIpc) is 2.15. The Kier molecular flexibility index (Phi) is 0.421. The Balaban J connectivity index is 2.14. The molecule has 0 spiro atoms. The van der Waals surface area contributed by atoms with Gasteiger partial charge in [0.05, 0.1) is 5.76 Å². The molecule has 2 aliphatic heterocycles. The van der Waals surface area contributed by atoms with Crippen molar-refractivity contribution in [2.45, 2.75) is 18.8 Å². The Bertz CT molecular complexity index is 107. The van der Waals surface area contributed by atoms with E-state index in [0.29, 0.717) is 6.10 Å². The van der Waals surface area contributed by atoms with E-state index in [0.717, 1.165) is 12.2 Å². The molecule has 0 amide bonds. The summed E-state index contributed by atoms with van der Waals surface area (Å²) >= 11 is 0. The van der Waals surface area contributed by atoms with E-state index >= 15 is 0 Å². The molecule has 0 bridgehead atoms. The van der Waals surface area contributed by atoms with E-state index in [4.69, 9.17) is 9.47 Å². The highest BCUT2D eigenvalue weighted by Gasteiger charge is 2.47. The van der Waals surface area contributed by atoms with E-state index < -0.39 is 0 Å². The Hall–Kier alpha value is -0.500.